The Kier molecular flexibility index (Phi) is 4.17. The second kappa shape index (κ2) is 6.48. The van der Waals surface area contributed by atoms with Crippen molar-refractivity contribution >= 4 is 16.7 Å². The van der Waals surface area contributed by atoms with Crippen LogP contribution in [0.1, 0.15) is 13.8 Å². The topological polar surface area (TPSA) is 35.2 Å². The highest BCUT2D eigenvalue weighted by Crippen LogP contribution is 2.24. The van der Waals surface area contributed by atoms with Gasteiger partial charge in [0.1, 0.15) is 11.6 Å². The number of H-pyrrole nitrogens is 1. The van der Waals surface area contributed by atoms with Gasteiger partial charge in [-0.1, -0.05) is 0 Å². The number of fused-ring (bicyclic) bond motifs is 1. The van der Waals surface area contributed by atoms with Crippen LogP contribution < -0.4 is 4.90 Å². The molecule has 3 aromatic rings. The third-order valence-corrected chi connectivity index (χ3v) is 4.99. The highest BCUT2D eigenvalue weighted by atomic mass is 19.1. The van der Waals surface area contributed by atoms with Gasteiger partial charge >= 0.3 is 0 Å². The van der Waals surface area contributed by atoms with Crippen molar-refractivity contribution < 1.29 is 4.39 Å². The molecule has 0 amide bonds. The number of hydrogen-bond acceptors (Lipinski definition) is 3. The molecule has 0 saturated carbocycles. The van der Waals surface area contributed by atoms with E-state index in [0.717, 1.165) is 48.6 Å². The summed E-state index contributed by atoms with van der Waals surface area (Å²) in [6.45, 7) is 8.83. The van der Waals surface area contributed by atoms with E-state index < -0.39 is 0 Å². The quantitative estimate of drug-likeness (QED) is 0.787. The Morgan fingerprint density at radius 3 is 2.40 bits per heavy atom. The van der Waals surface area contributed by atoms with Crippen molar-refractivity contribution in [1.82, 2.24) is 14.9 Å². The van der Waals surface area contributed by atoms with Crippen molar-refractivity contribution in [2.75, 3.05) is 31.1 Å². The number of benzene rings is 2. The van der Waals surface area contributed by atoms with Crippen LogP contribution in [0, 0.1) is 5.82 Å². The van der Waals surface area contributed by atoms with Gasteiger partial charge in [0.15, 0.2) is 0 Å². The van der Waals surface area contributed by atoms with Gasteiger partial charge in [0.2, 0.25) is 0 Å². The van der Waals surface area contributed by atoms with Gasteiger partial charge < -0.3 is 9.88 Å². The van der Waals surface area contributed by atoms with Crippen LogP contribution in [0.4, 0.5) is 10.1 Å². The SMILES string of the molecule is CC(C)N1CCN(c2ccc(-c3nc4ccc(F)cc4[nH]3)cc2)CC1. The third-order valence-electron chi connectivity index (χ3n) is 4.99. The van der Waals surface area contributed by atoms with Gasteiger partial charge in [0.05, 0.1) is 11.0 Å². The van der Waals surface area contributed by atoms with Crippen LogP contribution in [0.15, 0.2) is 42.5 Å². The van der Waals surface area contributed by atoms with Gasteiger partial charge in [-0.25, -0.2) is 9.37 Å². The number of nitrogens with zero attached hydrogens (tertiary/aromatic N) is 3. The average molecular weight is 338 g/mol. The van der Waals surface area contributed by atoms with Gasteiger partial charge in [0.25, 0.3) is 0 Å². The van der Waals surface area contributed by atoms with Crippen molar-refractivity contribution in [2.45, 2.75) is 19.9 Å². The molecule has 1 fully saturated rings. The fourth-order valence-electron chi connectivity index (χ4n) is 3.45. The van der Waals surface area contributed by atoms with Crippen LogP contribution in [0.5, 0.6) is 0 Å². The summed E-state index contributed by atoms with van der Waals surface area (Å²) in [4.78, 5) is 12.7. The first kappa shape index (κ1) is 16.1. The zero-order valence-electron chi connectivity index (χ0n) is 14.7. The van der Waals surface area contributed by atoms with Crippen molar-refractivity contribution in [3.8, 4) is 11.4 Å². The van der Waals surface area contributed by atoms with E-state index in [9.17, 15) is 4.39 Å². The zero-order valence-corrected chi connectivity index (χ0v) is 14.7. The van der Waals surface area contributed by atoms with E-state index in [0.29, 0.717) is 6.04 Å². The Hall–Kier alpha value is -2.40. The van der Waals surface area contributed by atoms with Crippen molar-refractivity contribution in [3.05, 3.63) is 48.3 Å². The number of aromatic nitrogens is 2. The largest absolute Gasteiger partial charge is 0.369 e. The molecule has 130 valence electrons. The van der Waals surface area contributed by atoms with Crippen molar-refractivity contribution in [1.29, 1.82) is 0 Å². The summed E-state index contributed by atoms with van der Waals surface area (Å²) in [7, 11) is 0. The summed E-state index contributed by atoms with van der Waals surface area (Å²) in [5.74, 6) is 0.523. The molecule has 1 N–H and O–H groups in total. The predicted octanol–water partition coefficient (Wildman–Crippen LogP) is 3.90. The molecule has 0 atom stereocenters. The van der Waals surface area contributed by atoms with Crippen molar-refractivity contribution in [3.63, 3.8) is 0 Å². The summed E-state index contributed by atoms with van der Waals surface area (Å²) < 4.78 is 13.3. The number of aromatic amines is 1. The molecule has 4 nitrogen and oxygen atoms in total. The predicted molar refractivity (Wildman–Crippen MR) is 100 cm³/mol. The van der Waals surface area contributed by atoms with Gasteiger partial charge in [0, 0.05) is 43.5 Å². The molecule has 2 heterocycles. The summed E-state index contributed by atoms with van der Waals surface area (Å²) in [6, 6.07) is 13.7. The Bertz CT molecular complexity index is 861. The molecule has 0 spiro atoms. The molecule has 1 aliphatic heterocycles. The summed E-state index contributed by atoms with van der Waals surface area (Å²) in [6.07, 6.45) is 0. The first-order chi connectivity index (χ1) is 12.1. The lowest BCUT2D eigenvalue weighted by molar-refractivity contribution is 0.209. The molecule has 0 unspecified atom stereocenters. The number of hydrogen-bond donors (Lipinski definition) is 1. The number of halogens is 1. The normalized spacial score (nSPS) is 16.1. The Morgan fingerprint density at radius 2 is 1.72 bits per heavy atom. The standard InChI is InChI=1S/C20H23FN4/c1-14(2)24-9-11-25(12-10-24)17-6-3-15(4-7-17)20-22-18-8-5-16(21)13-19(18)23-20/h3-8,13-14H,9-12H2,1-2H3,(H,22,23). The van der Waals surface area contributed by atoms with Crippen LogP contribution >= 0.6 is 0 Å². The van der Waals surface area contributed by atoms with Gasteiger partial charge in [-0.05, 0) is 56.3 Å². The lowest BCUT2D eigenvalue weighted by Crippen LogP contribution is -2.48. The summed E-state index contributed by atoms with van der Waals surface area (Å²) in [5, 5.41) is 0. The number of nitrogens with one attached hydrogen (secondary N) is 1. The molecule has 0 radical (unpaired) electrons. The number of rotatable bonds is 3. The molecular weight excluding hydrogens is 315 g/mol. The minimum absolute atomic E-state index is 0.251. The van der Waals surface area contributed by atoms with E-state index in [1.54, 1.807) is 6.07 Å². The van der Waals surface area contributed by atoms with E-state index in [1.807, 2.05) is 0 Å². The highest BCUT2D eigenvalue weighted by Gasteiger charge is 2.19. The van der Waals surface area contributed by atoms with E-state index in [2.05, 4.69) is 57.9 Å². The van der Waals surface area contributed by atoms with Crippen LogP contribution in [-0.2, 0) is 0 Å². The van der Waals surface area contributed by atoms with Crippen LogP contribution in [0.2, 0.25) is 0 Å². The fourth-order valence-corrected chi connectivity index (χ4v) is 3.45. The average Bonchev–Trinajstić information content (AvgIpc) is 3.05. The maximum atomic E-state index is 13.3. The van der Waals surface area contributed by atoms with Gasteiger partial charge in [-0.2, -0.15) is 0 Å². The minimum atomic E-state index is -0.251. The minimum Gasteiger partial charge on any atom is -0.369 e. The molecule has 25 heavy (non-hydrogen) atoms. The summed E-state index contributed by atoms with van der Waals surface area (Å²) in [5.41, 5.74) is 3.77. The second-order valence-electron chi connectivity index (χ2n) is 6.91. The maximum absolute atomic E-state index is 13.3. The molecule has 0 aliphatic carbocycles. The first-order valence-corrected chi connectivity index (χ1v) is 8.85. The number of anilines is 1. The third kappa shape index (κ3) is 3.24. The fraction of sp³-hybridized carbons (Fsp3) is 0.350. The Labute approximate surface area is 147 Å². The molecule has 5 heteroatoms. The number of imidazole rings is 1. The van der Waals surface area contributed by atoms with Gasteiger partial charge in [-0.3, -0.25) is 4.90 Å². The van der Waals surface area contributed by atoms with E-state index in [-0.39, 0.29) is 5.82 Å². The monoisotopic (exact) mass is 338 g/mol. The lowest BCUT2D eigenvalue weighted by Gasteiger charge is -2.38. The number of piperazine rings is 1. The molecule has 2 aromatic carbocycles. The van der Waals surface area contributed by atoms with Crippen LogP contribution in [0.3, 0.4) is 0 Å². The molecule has 1 aliphatic rings. The smallest absolute Gasteiger partial charge is 0.138 e. The van der Waals surface area contributed by atoms with Crippen LogP contribution in [0.25, 0.3) is 22.4 Å². The van der Waals surface area contributed by atoms with E-state index in [1.165, 1.54) is 17.8 Å². The van der Waals surface area contributed by atoms with E-state index >= 15 is 0 Å². The van der Waals surface area contributed by atoms with Crippen molar-refractivity contribution in [2.24, 2.45) is 0 Å². The Morgan fingerprint density at radius 1 is 1.00 bits per heavy atom. The molecule has 1 saturated heterocycles. The first-order valence-electron chi connectivity index (χ1n) is 8.85. The zero-order chi connectivity index (χ0) is 17.4. The molecule has 4 rings (SSSR count). The molecule has 1 aromatic heterocycles. The van der Waals surface area contributed by atoms with Gasteiger partial charge in [-0.15, -0.1) is 0 Å². The molecule has 0 bridgehead atoms. The second-order valence-corrected chi connectivity index (χ2v) is 6.91. The lowest BCUT2D eigenvalue weighted by atomic mass is 10.1. The molecular formula is C20H23FN4. The van der Waals surface area contributed by atoms with E-state index in [4.69, 9.17) is 0 Å². The van der Waals surface area contributed by atoms with Crippen LogP contribution in [-0.4, -0.2) is 47.1 Å². The maximum Gasteiger partial charge on any atom is 0.138 e. The highest BCUT2D eigenvalue weighted by molar-refractivity contribution is 5.79. The Balaban J connectivity index is 1.51. The summed E-state index contributed by atoms with van der Waals surface area (Å²) >= 11 is 0.